The van der Waals surface area contributed by atoms with Crippen LogP contribution in [0.1, 0.15) is 25.8 Å². The fraction of sp³-hybridized carbons (Fsp3) is 0.538. The van der Waals surface area contributed by atoms with Gasteiger partial charge in [0, 0.05) is 0 Å². The SMILES string of the molecule is CCNCC(CC)Cc1cccc(Cl)c1F. The molecule has 1 aromatic carbocycles. The molecule has 1 nitrogen and oxygen atoms in total. The molecule has 90 valence electrons. The highest BCUT2D eigenvalue weighted by molar-refractivity contribution is 6.30. The van der Waals surface area contributed by atoms with Crippen molar-refractivity contribution in [2.75, 3.05) is 13.1 Å². The molecule has 0 saturated heterocycles. The summed E-state index contributed by atoms with van der Waals surface area (Å²) >= 11 is 5.75. The number of benzene rings is 1. The molecule has 0 aliphatic carbocycles. The molecule has 0 heterocycles. The van der Waals surface area contributed by atoms with Crippen molar-refractivity contribution < 1.29 is 4.39 Å². The molecule has 3 heteroatoms. The number of hydrogen-bond acceptors (Lipinski definition) is 1. The van der Waals surface area contributed by atoms with Crippen molar-refractivity contribution in [2.45, 2.75) is 26.7 Å². The first-order chi connectivity index (χ1) is 7.69. The van der Waals surface area contributed by atoms with Crippen molar-refractivity contribution in [1.82, 2.24) is 5.32 Å². The van der Waals surface area contributed by atoms with Crippen LogP contribution in [0.15, 0.2) is 18.2 Å². The van der Waals surface area contributed by atoms with Crippen molar-refractivity contribution in [3.05, 3.63) is 34.6 Å². The summed E-state index contributed by atoms with van der Waals surface area (Å²) in [6, 6.07) is 5.21. The van der Waals surface area contributed by atoms with E-state index in [9.17, 15) is 4.39 Å². The number of halogens is 2. The van der Waals surface area contributed by atoms with Gasteiger partial charge in [0.05, 0.1) is 5.02 Å². The first-order valence-corrected chi connectivity index (χ1v) is 6.20. The van der Waals surface area contributed by atoms with Crippen LogP contribution in [0.25, 0.3) is 0 Å². The molecule has 1 atom stereocenters. The second-order valence-electron chi connectivity index (χ2n) is 4.00. The Morgan fingerprint density at radius 1 is 1.38 bits per heavy atom. The molecule has 0 saturated carbocycles. The first kappa shape index (κ1) is 13.5. The van der Waals surface area contributed by atoms with Crippen LogP contribution in [0.4, 0.5) is 4.39 Å². The molecule has 16 heavy (non-hydrogen) atoms. The Morgan fingerprint density at radius 3 is 2.75 bits per heavy atom. The predicted molar refractivity (Wildman–Crippen MR) is 67.4 cm³/mol. The molecular formula is C13H19ClFN. The Kier molecular flexibility index (Phi) is 5.78. The molecule has 0 aliphatic rings. The number of rotatable bonds is 6. The zero-order chi connectivity index (χ0) is 12.0. The lowest BCUT2D eigenvalue weighted by Gasteiger charge is -2.15. The summed E-state index contributed by atoms with van der Waals surface area (Å²) in [5, 5.41) is 3.52. The van der Waals surface area contributed by atoms with Crippen LogP contribution < -0.4 is 5.32 Å². The predicted octanol–water partition coefficient (Wildman–Crippen LogP) is 3.66. The molecule has 0 spiro atoms. The lowest BCUT2D eigenvalue weighted by molar-refractivity contribution is 0.457. The number of nitrogens with one attached hydrogen (secondary N) is 1. The van der Waals surface area contributed by atoms with Crippen LogP contribution >= 0.6 is 11.6 Å². The van der Waals surface area contributed by atoms with E-state index >= 15 is 0 Å². The monoisotopic (exact) mass is 243 g/mol. The maximum Gasteiger partial charge on any atom is 0.144 e. The quantitative estimate of drug-likeness (QED) is 0.804. The molecule has 1 rings (SSSR count). The lowest BCUT2D eigenvalue weighted by Crippen LogP contribution is -2.23. The van der Waals surface area contributed by atoms with Gasteiger partial charge in [-0.25, -0.2) is 4.39 Å². The molecule has 1 unspecified atom stereocenters. The van der Waals surface area contributed by atoms with Gasteiger partial charge in [0.15, 0.2) is 0 Å². The van der Waals surface area contributed by atoms with Crippen LogP contribution in [-0.4, -0.2) is 13.1 Å². The van der Waals surface area contributed by atoms with E-state index < -0.39 is 0 Å². The van der Waals surface area contributed by atoms with Gasteiger partial charge in [0.1, 0.15) is 5.82 Å². The van der Waals surface area contributed by atoms with Crippen molar-refractivity contribution in [3.63, 3.8) is 0 Å². The molecular weight excluding hydrogens is 225 g/mol. The Balaban J connectivity index is 2.66. The summed E-state index contributed by atoms with van der Waals surface area (Å²) < 4.78 is 13.7. The van der Waals surface area contributed by atoms with E-state index in [2.05, 4.69) is 19.2 Å². The van der Waals surface area contributed by atoms with Crippen molar-refractivity contribution >= 4 is 11.6 Å². The minimum atomic E-state index is -0.265. The topological polar surface area (TPSA) is 12.0 Å². The maximum atomic E-state index is 13.7. The van der Waals surface area contributed by atoms with E-state index in [1.54, 1.807) is 12.1 Å². The standard InChI is InChI=1S/C13H19ClFN/c1-3-10(9-16-4-2)8-11-6-5-7-12(14)13(11)15/h5-7,10,16H,3-4,8-9H2,1-2H3. The van der Waals surface area contributed by atoms with Crippen molar-refractivity contribution in [1.29, 1.82) is 0 Å². The van der Waals surface area contributed by atoms with Gasteiger partial charge in [-0.3, -0.25) is 0 Å². The van der Waals surface area contributed by atoms with Crippen LogP contribution in [-0.2, 0) is 6.42 Å². The van der Waals surface area contributed by atoms with Gasteiger partial charge in [0.2, 0.25) is 0 Å². The number of hydrogen-bond donors (Lipinski definition) is 1. The van der Waals surface area contributed by atoms with E-state index in [4.69, 9.17) is 11.6 Å². The second-order valence-corrected chi connectivity index (χ2v) is 4.41. The first-order valence-electron chi connectivity index (χ1n) is 5.82. The molecule has 0 aliphatic heterocycles. The molecule has 0 bridgehead atoms. The lowest BCUT2D eigenvalue weighted by atomic mass is 9.96. The Hall–Kier alpha value is -0.600. The van der Waals surface area contributed by atoms with Gasteiger partial charge in [0.25, 0.3) is 0 Å². The molecule has 0 aromatic heterocycles. The van der Waals surface area contributed by atoms with E-state index in [0.717, 1.165) is 31.5 Å². The maximum absolute atomic E-state index is 13.7. The zero-order valence-electron chi connectivity index (χ0n) is 9.89. The van der Waals surface area contributed by atoms with Gasteiger partial charge in [-0.05, 0) is 37.1 Å². The largest absolute Gasteiger partial charge is 0.317 e. The van der Waals surface area contributed by atoms with Gasteiger partial charge in [-0.15, -0.1) is 0 Å². The van der Waals surface area contributed by atoms with Gasteiger partial charge < -0.3 is 5.32 Å². The summed E-state index contributed by atoms with van der Waals surface area (Å²) in [4.78, 5) is 0. The van der Waals surface area contributed by atoms with Crippen LogP contribution in [0.5, 0.6) is 0 Å². The highest BCUT2D eigenvalue weighted by atomic mass is 35.5. The van der Waals surface area contributed by atoms with Crippen LogP contribution in [0, 0.1) is 11.7 Å². The average molecular weight is 244 g/mol. The Bertz CT molecular complexity index is 328. The van der Waals surface area contributed by atoms with E-state index in [1.165, 1.54) is 0 Å². The van der Waals surface area contributed by atoms with Crippen LogP contribution in [0.2, 0.25) is 5.02 Å². The molecule has 1 aromatic rings. The van der Waals surface area contributed by atoms with Crippen molar-refractivity contribution in [2.24, 2.45) is 5.92 Å². The molecule has 1 N–H and O–H groups in total. The van der Waals surface area contributed by atoms with Crippen LogP contribution in [0.3, 0.4) is 0 Å². The van der Waals surface area contributed by atoms with Gasteiger partial charge in [-0.1, -0.05) is 44.0 Å². The van der Waals surface area contributed by atoms with E-state index in [0.29, 0.717) is 5.92 Å². The molecule has 0 fully saturated rings. The third-order valence-corrected chi connectivity index (χ3v) is 3.09. The third kappa shape index (κ3) is 3.76. The van der Waals surface area contributed by atoms with Gasteiger partial charge >= 0.3 is 0 Å². The summed E-state index contributed by atoms with van der Waals surface area (Å²) in [6.07, 6.45) is 1.79. The fourth-order valence-electron chi connectivity index (χ4n) is 1.73. The van der Waals surface area contributed by atoms with Gasteiger partial charge in [-0.2, -0.15) is 0 Å². The zero-order valence-corrected chi connectivity index (χ0v) is 10.6. The summed E-state index contributed by atoms with van der Waals surface area (Å²) in [5.74, 6) is 0.201. The smallest absolute Gasteiger partial charge is 0.144 e. The van der Waals surface area contributed by atoms with E-state index in [-0.39, 0.29) is 10.8 Å². The van der Waals surface area contributed by atoms with E-state index in [1.807, 2.05) is 6.07 Å². The average Bonchev–Trinajstić information content (AvgIpc) is 2.30. The minimum absolute atomic E-state index is 0.218. The normalized spacial score (nSPS) is 12.8. The Morgan fingerprint density at radius 2 is 2.12 bits per heavy atom. The summed E-state index contributed by atoms with van der Waals surface area (Å²) in [7, 11) is 0. The minimum Gasteiger partial charge on any atom is -0.317 e. The highest BCUT2D eigenvalue weighted by Gasteiger charge is 2.12. The fourth-order valence-corrected chi connectivity index (χ4v) is 1.92. The highest BCUT2D eigenvalue weighted by Crippen LogP contribution is 2.21. The van der Waals surface area contributed by atoms with Crippen molar-refractivity contribution in [3.8, 4) is 0 Å². The second kappa shape index (κ2) is 6.87. The summed E-state index contributed by atoms with van der Waals surface area (Å²) in [5.41, 5.74) is 0.720. The Labute approximate surface area is 102 Å². The summed E-state index contributed by atoms with van der Waals surface area (Å²) in [6.45, 7) is 6.09. The molecule has 0 amide bonds. The molecule has 0 radical (unpaired) electrons. The third-order valence-electron chi connectivity index (χ3n) is 2.80.